The van der Waals surface area contributed by atoms with Gasteiger partial charge in [0.05, 0.1) is 40.1 Å². The van der Waals surface area contributed by atoms with E-state index in [9.17, 15) is 13.2 Å². The number of hydrogen-bond acceptors (Lipinski definition) is 6. The number of nitrogens with zero attached hydrogens (tertiary/aromatic N) is 1. The van der Waals surface area contributed by atoms with Crippen LogP contribution in [0, 0.1) is 0 Å². The summed E-state index contributed by atoms with van der Waals surface area (Å²) in [6.45, 7) is 1.85. The molecule has 1 saturated heterocycles. The number of benzene rings is 1. The fraction of sp³-hybridized carbons (Fsp3) is 0.385. The number of nitrogen functional groups attached to an aromatic ring is 1. The molecule has 0 spiro atoms. The van der Waals surface area contributed by atoms with Crippen LogP contribution in [-0.2, 0) is 9.84 Å². The zero-order valence-electron chi connectivity index (χ0n) is 11.5. The van der Waals surface area contributed by atoms with Crippen LogP contribution in [0.2, 0.25) is 0 Å². The number of aromatic amines is 1. The molecule has 0 radical (unpaired) electrons. The van der Waals surface area contributed by atoms with Gasteiger partial charge in [0.1, 0.15) is 0 Å². The Morgan fingerprint density at radius 3 is 2.86 bits per heavy atom. The Balaban J connectivity index is 2.02. The first-order valence-corrected chi connectivity index (χ1v) is 8.36. The standard InChI is InChI=1S/C13H16N4O3S/c1-13(2-3-21(19,20)6-13)17-11-5-10-8(4-9(11)14)12(18)16-7-15-10/h4-5,7,17H,2-3,6,14H2,1H3,(H,15,16,18). The molecule has 2 aromatic rings. The second-order valence-electron chi connectivity index (χ2n) is 5.72. The van der Waals surface area contributed by atoms with Crippen molar-refractivity contribution in [2.24, 2.45) is 0 Å². The molecule has 2 heterocycles. The number of hydrogen-bond donors (Lipinski definition) is 3. The smallest absolute Gasteiger partial charge is 0.258 e. The van der Waals surface area contributed by atoms with Crippen LogP contribution in [0.15, 0.2) is 23.3 Å². The summed E-state index contributed by atoms with van der Waals surface area (Å²) in [5.41, 5.74) is 6.66. The molecule has 1 unspecified atom stereocenters. The van der Waals surface area contributed by atoms with Crippen LogP contribution < -0.4 is 16.6 Å². The second-order valence-corrected chi connectivity index (χ2v) is 7.90. The van der Waals surface area contributed by atoms with Crippen LogP contribution >= 0.6 is 0 Å². The predicted octanol–water partition coefficient (Wildman–Crippen LogP) is 0.494. The third-order valence-electron chi connectivity index (χ3n) is 3.75. The topological polar surface area (TPSA) is 118 Å². The number of sulfone groups is 1. The van der Waals surface area contributed by atoms with E-state index in [1.165, 1.54) is 6.33 Å². The molecule has 1 aliphatic heterocycles. The van der Waals surface area contributed by atoms with Gasteiger partial charge in [0.25, 0.3) is 5.56 Å². The fourth-order valence-corrected chi connectivity index (χ4v) is 4.77. The SMILES string of the molecule is CC1(Nc2cc3nc[nH]c(=O)c3cc2N)CCS(=O)(=O)C1. The van der Waals surface area contributed by atoms with E-state index in [-0.39, 0.29) is 17.1 Å². The monoisotopic (exact) mass is 308 g/mol. The van der Waals surface area contributed by atoms with Crippen LogP contribution in [0.25, 0.3) is 10.9 Å². The maximum Gasteiger partial charge on any atom is 0.258 e. The molecule has 1 aromatic carbocycles. The predicted molar refractivity (Wildman–Crippen MR) is 82.1 cm³/mol. The minimum Gasteiger partial charge on any atom is -0.397 e. The van der Waals surface area contributed by atoms with Gasteiger partial charge < -0.3 is 16.0 Å². The van der Waals surface area contributed by atoms with Crippen LogP contribution in [0.4, 0.5) is 11.4 Å². The van der Waals surface area contributed by atoms with Crippen molar-refractivity contribution in [3.63, 3.8) is 0 Å². The number of anilines is 2. The van der Waals surface area contributed by atoms with Gasteiger partial charge in [-0.3, -0.25) is 4.79 Å². The van der Waals surface area contributed by atoms with Crippen molar-refractivity contribution in [3.8, 4) is 0 Å². The van der Waals surface area contributed by atoms with Crippen molar-refractivity contribution in [2.45, 2.75) is 18.9 Å². The number of fused-ring (bicyclic) bond motifs is 1. The molecule has 7 nitrogen and oxygen atoms in total. The highest BCUT2D eigenvalue weighted by atomic mass is 32.2. The third kappa shape index (κ3) is 2.58. The Hall–Kier alpha value is -2.09. The molecule has 1 fully saturated rings. The Labute approximate surface area is 121 Å². The first kappa shape index (κ1) is 13.9. The number of aromatic nitrogens is 2. The Morgan fingerprint density at radius 2 is 2.19 bits per heavy atom. The van der Waals surface area contributed by atoms with Gasteiger partial charge in [-0.1, -0.05) is 0 Å². The largest absolute Gasteiger partial charge is 0.397 e. The highest BCUT2D eigenvalue weighted by Crippen LogP contribution is 2.31. The molecule has 0 saturated carbocycles. The molecule has 0 bridgehead atoms. The van der Waals surface area contributed by atoms with E-state index in [1.807, 2.05) is 6.92 Å². The normalized spacial score (nSPS) is 24.2. The summed E-state index contributed by atoms with van der Waals surface area (Å²) in [5, 5.41) is 3.60. The van der Waals surface area contributed by atoms with Crippen molar-refractivity contribution < 1.29 is 8.42 Å². The average molecular weight is 308 g/mol. The van der Waals surface area contributed by atoms with Crippen molar-refractivity contribution in [1.29, 1.82) is 0 Å². The molecular weight excluding hydrogens is 292 g/mol. The number of rotatable bonds is 2. The summed E-state index contributed by atoms with van der Waals surface area (Å²) in [6.07, 6.45) is 1.85. The van der Waals surface area contributed by atoms with E-state index >= 15 is 0 Å². The molecular formula is C13H16N4O3S. The molecule has 0 aliphatic carbocycles. The van der Waals surface area contributed by atoms with Crippen molar-refractivity contribution >= 4 is 32.1 Å². The zero-order chi connectivity index (χ0) is 15.3. The minimum absolute atomic E-state index is 0.0697. The van der Waals surface area contributed by atoms with Crippen LogP contribution in [0.1, 0.15) is 13.3 Å². The number of H-pyrrole nitrogens is 1. The molecule has 1 aromatic heterocycles. The summed E-state index contributed by atoms with van der Waals surface area (Å²) in [6, 6.07) is 3.23. The van der Waals surface area contributed by atoms with Crippen LogP contribution in [0.3, 0.4) is 0 Å². The lowest BCUT2D eigenvalue weighted by Gasteiger charge is -2.26. The van der Waals surface area contributed by atoms with E-state index < -0.39 is 15.4 Å². The lowest BCUT2D eigenvalue weighted by atomic mass is 10.0. The van der Waals surface area contributed by atoms with Gasteiger partial charge in [-0.05, 0) is 25.5 Å². The first-order valence-electron chi connectivity index (χ1n) is 6.54. The lowest BCUT2D eigenvalue weighted by Crippen LogP contribution is -2.36. The van der Waals surface area contributed by atoms with Crippen molar-refractivity contribution in [3.05, 3.63) is 28.8 Å². The maximum absolute atomic E-state index is 11.7. The summed E-state index contributed by atoms with van der Waals surface area (Å²) >= 11 is 0. The summed E-state index contributed by atoms with van der Waals surface area (Å²) < 4.78 is 23.3. The summed E-state index contributed by atoms with van der Waals surface area (Å²) in [7, 11) is -3.01. The van der Waals surface area contributed by atoms with Gasteiger partial charge in [0, 0.05) is 5.54 Å². The average Bonchev–Trinajstić information content (AvgIpc) is 2.66. The highest BCUT2D eigenvalue weighted by molar-refractivity contribution is 7.91. The quantitative estimate of drug-likeness (QED) is 0.695. The van der Waals surface area contributed by atoms with Crippen LogP contribution in [0.5, 0.6) is 0 Å². The minimum atomic E-state index is -3.01. The molecule has 8 heteroatoms. The summed E-state index contributed by atoms with van der Waals surface area (Å²) in [5.74, 6) is 0.238. The molecule has 112 valence electrons. The van der Waals surface area contributed by atoms with Gasteiger partial charge in [-0.15, -0.1) is 0 Å². The molecule has 3 rings (SSSR count). The summed E-state index contributed by atoms with van der Waals surface area (Å²) in [4.78, 5) is 18.3. The molecule has 4 N–H and O–H groups in total. The third-order valence-corrected chi connectivity index (χ3v) is 5.65. The zero-order valence-corrected chi connectivity index (χ0v) is 12.3. The van der Waals surface area contributed by atoms with Gasteiger partial charge in [-0.2, -0.15) is 0 Å². The van der Waals surface area contributed by atoms with Gasteiger partial charge in [0.2, 0.25) is 0 Å². The maximum atomic E-state index is 11.7. The van der Waals surface area contributed by atoms with Crippen LogP contribution in [-0.4, -0.2) is 35.4 Å². The lowest BCUT2D eigenvalue weighted by molar-refractivity contribution is 0.574. The van der Waals surface area contributed by atoms with E-state index in [0.29, 0.717) is 28.7 Å². The highest BCUT2D eigenvalue weighted by Gasteiger charge is 2.38. The number of nitrogens with one attached hydrogen (secondary N) is 2. The molecule has 0 amide bonds. The van der Waals surface area contributed by atoms with Gasteiger partial charge in [-0.25, -0.2) is 13.4 Å². The van der Waals surface area contributed by atoms with E-state index in [1.54, 1.807) is 12.1 Å². The van der Waals surface area contributed by atoms with E-state index in [4.69, 9.17) is 5.73 Å². The molecule has 1 aliphatic rings. The second kappa shape index (κ2) is 4.45. The van der Waals surface area contributed by atoms with E-state index in [2.05, 4.69) is 15.3 Å². The Kier molecular flexibility index (Phi) is 2.94. The van der Waals surface area contributed by atoms with E-state index in [0.717, 1.165) is 0 Å². The molecule has 21 heavy (non-hydrogen) atoms. The first-order chi connectivity index (χ1) is 9.78. The van der Waals surface area contributed by atoms with Crippen molar-refractivity contribution in [1.82, 2.24) is 9.97 Å². The van der Waals surface area contributed by atoms with Gasteiger partial charge >= 0.3 is 0 Å². The van der Waals surface area contributed by atoms with Gasteiger partial charge in [0.15, 0.2) is 9.84 Å². The molecule has 1 atom stereocenters. The Morgan fingerprint density at radius 1 is 1.43 bits per heavy atom. The number of nitrogens with two attached hydrogens (primary N) is 1. The van der Waals surface area contributed by atoms with Crippen molar-refractivity contribution in [2.75, 3.05) is 22.6 Å². The fourth-order valence-electron chi connectivity index (χ4n) is 2.67. The Bertz CT molecular complexity index is 875.